The second-order valence-electron chi connectivity index (χ2n) is 10.0. The molecule has 2 unspecified atom stereocenters. The summed E-state index contributed by atoms with van der Waals surface area (Å²) in [5, 5.41) is 11.7. The largest absolute Gasteiger partial charge is 0.497 e. The quantitative estimate of drug-likeness (QED) is 0.296. The number of aromatic amines is 1. The van der Waals surface area contributed by atoms with Crippen LogP contribution in [-0.2, 0) is 16.1 Å². The number of amides is 1. The minimum atomic E-state index is 0.346. The van der Waals surface area contributed by atoms with Gasteiger partial charge in [0.05, 0.1) is 31.5 Å². The van der Waals surface area contributed by atoms with Gasteiger partial charge in [-0.1, -0.05) is 42.5 Å². The molecule has 6 rings (SSSR count). The molecule has 7 nitrogen and oxygen atoms in total. The Morgan fingerprint density at radius 2 is 1.89 bits per heavy atom. The average Bonchev–Trinajstić information content (AvgIpc) is 3.66. The number of rotatable bonds is 9. The Balaban J connectivity index is 1.14. The minimum absolute atomic E-state index is 0.346. The van der Waals surface area contributed by atoms with Crippen molar-refractivity contribution in [1.82, 2.24) is 15.1 Å². The summed E-state index contributed by atoms with van der Waals surface area (Å²) in [6, 6.07) is 21.1. The molecule has 1 amide bonds. The van der Waals surface area contributed by atoms with E-state index in [1.54, 1.807) is 7.11 Å². The van der Waals surface area contributed by atoms with Gasteiger partial charge in [0.2, 0.25) is 6.41 Å². The van der Waals surface area contributed by atoms with Crippen LogP contribution in [0, 0.1) is 0 Å². The van der Waals surface area contributed by atoms with Crippen LogP contribution < -0.4 is 10.1 Å². The first-order valence-electron chi connectivity index (χ1n) is 13.1. The molecule has 2 N–H and O–H groups in total. The molecule has 0 bridgehead atoms. The fourth-order valence-electron chi connectivity index (χ4n) is 5.42. The maximum absolute atomic E-state index is 11.1. The fourth-order valence-corrected chi connectivity index (χ4v) is 5.42. The van der Waals surface area contributed by atoms with Gasteiger partial charge in [-0.05, 0) is 70.9 Å². The Labute approximate surface area is 222 Å². The van der Waals surface area contributed by atoms with E-state index >= 15 is 0 Å². The number of nitrogens with one attached hydrogen (secondary N) is 2. The van der Waals surface area contributed by atoms with E-state index in [1.165, 1.54) is 11.1 Å². The molecule has 38 heavy (non-hydrogen) atoms. The molecule has 1 saturated carbocycles. The summed E-state index contributed by atoms with van der Waals surface area (Å²) in [5.41, 5.74) is 7.68. The molecular formula is C31H32N4O3. The molecule has 0 radical (unpaired) electrons. The number of anilines is 1. The number of morpholine rings is 1. The van der Waals surface area contributed by atoms with Crippen LogP contribution in [0.4, 0.5) is 5.69 Å². The average molecular weight is 509 g/mol. The lowest BCUT2D eigenvalue weighted by Gasteiger charge is -2.26. The molecule has 194 valence electrons. The maximum atomic E-state index is 11.1. The van der Waals surface area contributed by atoms with Gasteiger partial charge in [-0.2, -0.15) is 5.10 Å². The van der Waals surface area contributed by atoms with Gasteiger partial charge in [0.15, 0.2) is 0 Å². The highest BCUT2D eigenvalue weighted by atomic mass is 16.5. The Kier molecular flexibility index (Phi) is 6.94. The van der Waals surface area contributed by atoms with Crippen LogP contribution in [0.3, 0.4) is 0 Å². The van der Waals surface area contributed by atoms with E-state index in [9.17, 15) is 4.79 Å². The van der Waals surface area contributed by atoms with Crippen LogP contribution in [0.5, 0.6) is 5.75 Å². The molecule has 0 spiro atoms. The minimum Gasteiger partial charge on any atom is -0.497 e. The number of nitrogens with zero attached hydrogens (tertiary/aromatic N) is 2. The number of carbonyl (C=O) groups excluding carboxylic acids is 1. The lowest BCUT2D eigenvalue weighted by atomic mass is 10.0. The van der Waals surface area contributed by atoms with E-state index in [1.807, 2.05) is 18.2 Å². The number of methoxy groups -OCH3 is 1. The molecule has 2 heterocycles. The van der Waals surface area contributed by atoms with Crippen molar-refractivity contribution < 1.29 is 14.3 Å². The van der Waals surface area contributed by atoms with Crippen LogP contribution in [0.25, 0.3) is 23.1 Å². The van der Waals surface area contributed by atoms with Crippen LogP contribution in [0.1, 0.15) is 46.2 Å². The van der Waals surface area contributed by atoms with Crippen LogP contribution in [0.2, 0.25) is 0 Å². The number of benzene rings is 3. The molecule has 2 atom stereocenters. The monoisotopic (exact) mass is 508 g/mol. The molecule has 1 saturated heterocycles. The summed E-state index contributed by atoms with van der Waals surface area (Å²) in [4.78, 5) is 13.5. The zero-order valence-corrected chi connectivity index (χ0v) is 21.5. The zero-order chi connectivity index (χ0) is 25.9. The van der Waals surface area contributed by atoms with Crippen molar-refractivity contribution >= 4 is 35.2 Å². The number of H-pyrrole nitrogens is 1. The topological polar surface area (TPSA) is 79.5 Å². The second kappa shape index (κ2) is 10.8. The Hall–Kier alpha value is -3.94. The summed E-state index contributed by atoms with van der Waals surface area (Å²) in [6.07, 6.45) is 5.95. The van der Waals surface area contributed by atoms with Crippen molar-refractivity contribution in [3.63, 3.8) is 0 Å². The first-order chi connectivity index (χ1) is 18.7. The smallest absolute Gasteiger partial charge is 0.211 e. The van der Waals surface area contributed by atoms with E-state index in [2.05, 4.69) is 75.0 Å². The standard InChI is InChI=1S/C31H32N4O3/c1-37-24-8-11-29(32-20-36)28(17-24)27-18-26(27)23-7-9-25-30(33-34-31(25)16-23)10-6-21-2-4-22(5-3-21)19-35-12-14-38-15-13-35/h2-11,16-17,20,26-27H,12-15,18-19H2,1H3,(H,32,36)(H,33,34)/b10-6+. The summed E-state index contributed by atoms with van der Waals surface area (Å²) in [6.45, 7) is 4.60. The highest BCUT2D eigenvalue weighted by molar-refractivity contribution is 5.90. The van der Waals surface area contributed by atoms with Gasteiger partial charge in [-0.25, -0.2) is 0 Å². The molecule has 4 aromatic rings. The van der Waals surface area contributed by atoms with E-state index in [0.717, 1.165) is 84.8 Å². The predicted molar refractivity (Wildman–Crippen MR) is 150 cm³/mol. The van der Waals surface area contributed by atoms with Crippen molar-refractivity contribution in [2.75, 3.05) is 38.7 Å². The van der Waals surface area contributed by atoms with Gasteiger partial charge < -0.3 is 14.8 Å². The van der Waals surface area contributed by atoms with E-state index in [0.29, 0.717) is 11.8 Å². The SMILES string of the molecule is COc1ccc(NC=O)c(C2CC2c2ccc3c(/C=C/c4ccc(CN5CCOCC5)cc4)n[nH]c3c2)c1. The number of fused-ring (bicyclic) bond motifs is 1. The van der Waals surface area contributed by atoms with Crippen molar-refractivity contribution in [3.8, 4) is 5.75 Å². The van der Waals surface area contributed by atoms with E-state index in [-0.39, 0.29) is 0 Å². The third kappa shape index (κ3) is 5.21. The molecule has 2 fully saturated rings. The Bertz CT molecular complexity index is 1450. The summed E-state index contributed by atoms with van der Waals surface area (Å²) >= 11 is 0. The van der Waals surface area contributed by atoms with Gasteiger partial charge in [0.1, 0.15) is 5.75 Å². The lowest BCUT2D eigenvalue weighted by molar-refractivity contribution is -0.105. The number of hydrogen-bond acceptors (Lipinski definition) is 5. The maximum Gasteiger partial charge on any atom is 0.211 e. The second-order valence-corrected chi connectivity index (χ2v) is 10.0. The number of carbonyl (C=O) groups is 1. The summed E-state index contributed by atoms with van der Waals surface area (Å²) in [5.74, 6) is 1.55. The summed E-state index contributed by atoms with van der Waals surface area (Å²) in [7, 11) is 1.66. The van der Waals surface area contributed by atoms with Crippen molar-refractivity contribution in [2.24, 2.45) is 0 Å². The molecule has 3 aromatic carbocycles. The normalized spacial score (nSPS) is 19.6. The van der Waals surface area contributed by atoms with Crippen LogP contribution in [0.15, 0.2) is 60.7 Å². The number of ether oxygens (including phenoxy) is 2. The molecular weight excluding hydrogens is 476 g/mol. The lowest BCUT2D eigenvalue weighted by Crippen LogP contribution is -2.35. The first kappa shape index (κ1) is 24.4. The van der Waals surface area contributed by atoms with E-state index in [4.69, 9.17) is 9.47 Å². The predicted octanol–water partition coefficient (Wildman–Crippen LogP) is 5.41. The first-order valence-corrected chi connectivity index (χ1v) is 13.1. The van der Waals surface area contributed by atoms with Crippen molar-refractivity contribution in [1.29, 1.82) is 0 Å². The van der Waals surface area contributed by atoms with E-state index < -0.39 is 0 Å². The van der Waals surface area contributed by atoms with Gasteiger partial charge >= 0.3 is 0 Å². The number of aromatic nitrogens is 2. The molecule has 7 heteroatoms. The molecule has 1 aliphatic heterocycles. The Morgan fingerprint density at radius 3 is 2.68 bits per heavy atom. The van der Waals surface area contributed by atoms with Crippen LogP contribution >= 0.6 is 0 Å². The van der Waals surface area contributed by atoms with Crippen molar-refractivity contribution in [2.45, 2.75) is 24.8 Å². The molecule has 1 aliphatic carbocycles. The zero-order valence-electron chi connectivity index (χ0n) is 21.5. The molecule has 2 aliphatic rings. The van der Waals surface area contributed by atoms with Crippen molar-refractivity contribution in [3.05, 3.63) is 88.6 Å². The number of hydrogen-bond donors (Lipinski definition) is 2. The highest BCUT2D eigenvalue weighted by Crippen LogP contribution is 2.57. The van der Waals surface area contributed by atoms with Gasteiger partial charge in [-0.15, -0.1) is 0 Å². The van der Waals surface area contributed by atoms with Crippen LogP contribution in [-0.4, -0.2) is 54.9 Å². The fraction of sp³-hybridized carbons (Fsp3) is 0.290. The van der Waals surface area contributed by atoms with Gasteiger partial charge in [0, 0.05) is 30.7 Å². The molecule has 1 aromatic heterocycles. The summed E-state index contributed by atoms with van der Waals surface area (Å²) < 4.78 is 10.9. The third-order valence-corrected chi connectivity index (χ3v) is 7.63. The highest BCUT2D eigenvalue weighted by Gasteiger charge is 2.41. The van der Waals surface area contributed by atoms with Gasteiger partial charge in [0.25, 0.3) is 0 Å². The Morgan fingerprint density at radius 1 is 1.05 bits per heavy atom. The third-order valence-electron chi connectivity index (χ3n) is 7.63. The van der Waals surface area contributed by atoms with Gasteiger partial charge in [-0.3, -0.25) is 14.8 Å².